The highest BCUT2D eigenvalue weighted by molar-refractivity contribution is 9.09. The first-order valence-corrected chi connectivity index (χ1v) is 6.31. The maximum Gasteiger partial charge on any atom is 0.0871 e. The third kappa shape index (κ3) is 3.94. The van der Waals surface area contributed by atoms with E-state index in [1.54, 1.807) is 11.3 Å². The molecule has 0 saturated carbocycles. The lowest BCUT2D eigenvalue weighted by Crippen LogP contribution is -2.11. The van der Waals surface area contributed by atoms with E-state index in [2.05, 4.69) is 26.1 Å². The first kappa shape index (κ1) is 13.2. The Hall–Kier alpha value is -0.870. The Morgan fingerprint density at radius 1 is 1.56 bits per heavy atom. The van der Waals surface area contributed by atoms with E-state index >= 15 is 0 Å². The van der Waals surface area contributed by atoms with Gasteiger partial charge in [-0.15, -0.1) is 0 Å². The van der Waals surface area contributed by atoms with E-state index in [1.807, 2.05) is 38.1 Å². The molecule has 0 saturated heterocycles. The number of benzene rings is 1. The van der Waals surface area contributed by atoms with Gasteiger partial charge in [-0.05, 0) is 32.0 Å². The minimum absolute atomic E-state index is 0.667. The summed E-state index contributed by atoms with van der Waals surface area (Å²) in [6.07, 6.45) is 1.69. The van der Waals surface area contributed by atoms with Crippen LogP contribution in [0.15, 0.2) is 34.5 Å². The summed E-state index contributed by atoms with van der Waals surface area (Å²) in [4.78, 5) is 0. The molecule has 16 heavy (non-hydrogen) atoms. The van der Waals surface area contributed by atoms with Gasteiger partial charge in [-0.1, -0.05) is 33.6 Å². The first-order chi connectivity index (χ1) is 7.67. The van der Waals surface area contributed by atoms with E-state index in [-0.39, 0.29) is 0 Å². The van der Waals surface area contributed by atoms with Crippen molar-refractivity contribution in [3.63, 3.8) is 0 Å². The highest BCUT2D eigenvalue weighted by Gasteiger charge is 2.03. The van der Waals surface area contributed by atoms with Crippen LogP contribution in [0.3, 0.4) is 0 Å². The number of nitrogens with zero attached hydrogens (tertiary/aromatic N) is 3. The number of halogens is 2. The second-order valence-corrected chi connectivity index (χ2v) is 4.11. The summed E-state index contributed by atoms with van der Waals surface area (Å²) in [5.74, 6) is 0. The molecule has 0 heterocycles. The number of hydrogen-bond donors (Lipinski definition) is 0. The molecule has 0 atom stereocenters. The van der Waals surface area contributed by atoms with E-state index in [9.17, 15) is 0 Å². The average Bonchev–Trinajstić information content (AvgIpc) is 2.28. The molecule has 0 spiro atoms. The van der Waals surface area contributed by atoms with Crippen LogP contribution in [0.4, 0.5) is 5.69 Å². The Kier molecular flexibility index (Phi) is 5.49. The van der Waals surface area contributed by atoms with Gasteiger partial charge in [-0.3, -0.25) is 0 Å². The molecule has 3 nitrogen and oxygen atoms in total. The Bertz CT molecular complexity index is 404. The summed E-state index contributed by atoms with van der Waals surface area (Å²) in [7, 11) is 0. The standard InChI is InChI=1S/C11H13BrClN3/c1-3-14-16(15-9(2)8-12)11-6-4-5-10(13)7-11/h3-7H,8H2,1-2H3/b14-3+,15-9+. The number of anilines is 1. The monoisotopic (exact) mass is 301 g/mol. The maximum atomic E-state index is 5.92. The van der Waals surface area contributed by atoms with Crippen molar-refractivity contribution in [3.8, 4) is 0 Å². The zero-order chi connectivity index (χ0) is 12.0. The second-order valence-electron chi connectivity index (χ2n) is 3.11. The van der Waals surface area contributed by atoms with Gasteiger partial charge in [0.2, 0.25) is 0 Å². The summed E-state index contributed by atoms with van der Waals surface area (Å²) in [6.45, 7) is 3.77. The molecule has 0 bridgehead atoms. The molecule has 0 amide bonds. The van der Waals surface area contributed by atoms with Crippen molar-refractivity contribution in [1.82, 2.24) is 0 Å². The van der Waals surface area contributed by atoms with Gasteiger partial charge in [0.1, 0.15) is 0 Å². The normalized spacial score (nSPS) is 12.1. The molecule has 1 aromatic rings. The van der Waals surface area contributed by atoms with Crippen LogP contribution in [-0.4, -0.2) is 17.3 Å². The highest BCUT2D eigenvalue weighted by atomic mass is 79.9. The highest BCUT2D eigenvalue weighted by Crippen LogP contribution is 2.20. The predicted molar refractivity (Wildman–Crippen MR) is 75.0 cm³/mol. The van der Waals surface area contributed by atoms with Crippen LogP contribution < -0.4 is 5.12 Å². The van der Waals surface area contributed by atoms with Gasteiger partial charge in [-0.25, -0.2) is 0 Å². The van der Waals surface area contributed by atoms with E-state index in [0.717, 1.165) is 11.4 Å². The molecule has 86 valence electrons. The van der Waals surface area contributed by atoms with Crippen molar-refractivity contribution in [3.05, 3.63) is 29.3 Å². The number of hydrazone groups is 2. The van der Waals surface area contributed by atoms with Crippen molar-refractivity contribution in [2.24, 2.45) is 10.2 Å². The number of hydrogen-bond acceptors (Lipinski definition) is 3. The van der Waals surface area contributed by atoms with Gasteiger partial charge in [0.25, 0.3) is 0 Å². The largest absolute Gasteiger partial charge is 0.163 e. The third-order valence-corrected chi connectivity index (χ3v) is 2.77. The molecule has 1 rings (SSSR count). The van der Waals surface area contributed by atoms with Crippen LogP contribution >= 0.6 is 27.5 Å². The summed E-state index contributed by atoms with van der Waals surface area (Å²) in [5, 5.41) is 11.4. The Morgan fingerprint density at radius 2 is 2.31 bits per heavy atom. The van der Waals surface area contributed by atoms with Crippen molar-refractivity contribution in [2.75, 3.05) is 10.4 Å². The molecule has 0 aliphatic heterocycles. The van der Waals surface area contributed by atoms with Crippen LogP contribution in [0.25, 0.3) is 0 Å². The predicted octanol–water partition coefficient (Wildman–Crippen LogP) is 3.92. The lowest BCUT2D eigenvalue weighted by atomic mass is 10.3. The Labute approximate surface area is 109 Å². The first-order valence-electron chi connectivity index (χ1n) is 4.81. The van der Waals surface area contributed by atoms with Crippen molar-refractivity contribution in [2.45, 2.75) is 13.8 Å². The molecule has 5 heteroatoms. The lowest BCUT2D eigenvalue weighted by Gasteiger charge is -2.13. The molecule has 0 aliphatic rings. The number of rotatable bonds is 4. The third-order valence-electron chi connectivity index (χ3n) is 1.72. The van der Waals surface area contributed by atoms with E-state index in [0.29, 0.717) is 10.4 Å². The summed E-state index contributed by atoms with van der Waals surface area (Å²) in [6, 6.07) is 7.41. The van der Waals surface area contributed by atoms with Crippen molar-refractivity contribution < 1.29 is 0 Å². The molecule has 1 aromatic carbocycles. The van der Waals surface area contributed by atoms with Crippen molar-refractivity contribution in [1.29, 1.82) is 0 Å². The SMILES string of the molecule is C/C=N/N(/N=C(\C)CBr)c1cccc(Cl)c1. The fourth-order valence-electron chi connectivity index (χ4n) is 1.05. The van der Waals surface area contributed by atoms with E-state index in [1.165, 1.54) is 0 Å². The van der Waals surface area contributed by atoms with E-state index in [4.69, 9.17) is 11.6 Å². The minimum Gasteiger partial charge on any atom is -0.163 e. The zero-order valence-electron chi connectivity index (χ0n) is 9.19. The molecule has 0 fully saturated rings. The van der Waals surface area contributed by atoms with Gasteiger partial charge >= 0.3 is 0 Å². The van der Waals surface area contributed by atoms with Crippen LogP contribution in [-0.2, 0) is 0 Å². The lowest BCUT2D eigenvalue weighted by molar-refractivity contribution is 0.928. The van der Waals surface area contributed by atoms with Gasteiger partial charge in [0.05, 0.1) is 5.69 Å². The van der Waals surface area contributed by atoms with Gasteiger partial charge in [-0.2, -0.15) is 15.3 Å². The minimum atomic E-state index is 0.667. The van der Waals surface area contributed by atoms with Crippen LogP contribution in [0.5, 0.6) is 0 Å². The fraction of sp³-hybridized carbons (Fsp3) is 0.273. The zero-order valence-corrected chi connectivity index (χ0v) is 11.5. The van der Waals surface area contributed by atoms with Gasteiger partial charge < -0.3 is 0 Å². The van der Waals surface area contributed by atoms with Crippen molar-refractivity contribution >= 4 is 45.1 Å². The molecule has 0 unspecified atom stereocenters. The van der Waals surface area contributed by atoms with Crippen LogP contribution in [0, 0.1) is 0 Å². The quantitative estimate of drug-likeness (QED) is 0.470. The topological polar surface area (TPSA) is 28.0 Å². The Balaban J connectivity index is 3.03. The average molecular weight is 303 g/mol. The summed E-state index contributed by atoms with van der Waals surface area (Å²) >= 11 is 9.27. The molecule has 0 radical (unpaired) electrons. The number of alkyl halides is 1. The molecule has 0 aromatic heterocycles. The molecule has 0 N–H and O–H groups in total. The smallest absolute Gasteiger partial charge is 0.0871 e. The molecular weight excluding hydrogens is 289 g/mol. The summed E-state index contributed by atoms with van der Waals surface area (Å²) in [5.41, 5.74) is 1.77. The van der Waals surface area contributed by atoms with E-state index < -0.39 is 0 Å². The Morgan fingerprint density at radius 3 is 2.88 bits per heavy atom. The van der Waals surface area contributed by atoms with Crippen LogP contribution in [0.2, 0.25) is 5.02 Å². The summed E-state index contributed by atoms with van der Waals surface area (Å²) < 4.78 is 0. The van der Waals surface area contributed by atoms with Gasteiger partial charge in [0.15, 0.2) is 0 Å². The van der Waals surface area contributed by atoms with Crippen LogP contribution in [0.1, 0.15) is 13.8 Å². The second kappa shape index (κ2) is 6.66. The fourth-order valence-corrected chi connectivity index (χ4v) is 1.35. The molecule has 0 aliphatic carbocycles. The maximum absolute atomic E-state index is 5.92. The molecular formula is C11H13BrClN3. The van der Waals surface area contributed by atoms with Gasteiger partial charge in [0, 0.05) is 22.3 Å².